The Morgan fingerprint density at radius 2 is 0.568 bits per heavy atom. The van der Waals surface area contributed by atoms with Gasteiger partial charge in [-0.3, -0.25) is 9.59 Å². The summed E-state index contributed by atoms with van der Waals surface area (Å²) >= 11 is 0. The van der Waals surface area contributed by atoms with Crippen LogP contribution in [0.3, 0.4) is 0 Å². The second kappa shape index (κ2) is 77.5. The van der Waals surface area contributed by atoms with Crippen molar-refractivity contribution in [1.29, 1.82) is 0 Å². The fourth-order valence-corrected chi connectivity index (χ4v) is 12.8. The molecule has 0 saturated carbocycles. The lowest BCUT2D eigenvalue weighted by Gasteiger charge is -2.20. The van der Waals surface area contributed by atoms with Gasteiger partial charge in [0, 0.05) is 12.8 Å². The molecule has 0 saturated heterocycles. The molecule has 0 aromatic carbocycles. The summed E-state index contributed by atoms with van der Waals surface area (Å²) in [6, 6.07) is -0.626. The van der Waals surface area contributed by atoms with Crippen molar-refractivity contribution in [3.63, 3.8) is 0 Å². The van der Waals surface area contributed by atoms with Crippen molar-refractivity contribution in [2.45, 2.75) is 463 Å². The molecular formula is C82H157NO5. The first-order valence-corrected chi connectivity index (χ1v) is 40.3. The Morgan fingerprint density at radius 1 is 0.318 bits per heavy atom. The highest BCUT2D eigenvalue weighted by atomic mass is 16.5. The van der Waals surface area contributed by atoms with Gasteiger partial charge in [-0.25, -0.2) is 0 Å². The van der Waals surface area contributed by atoms with Gasteiger partial charge in [0.2, 0.25) is 5.91 Å². The second-order valence-electron chi connectivity index (χ2n) is 27.8. The Labute approximate surface area is 551 Å². The van der Waals surface area contributed by atoms with E-state index in [1.165, 1.54) is 372 Å². The van der Waals surface area contributed by atoms with Gasteiger partial charge in [0.25, 0.3) is 0 Å². The minimum atomic E-state index is -0.843. The minimum absolute atomic E-state index is 0.0134. The quantitative estimate of drug-likeness (QED) is 0.0320. The van der Waals surface area contributed by atoms with Crippen LogP contribution in [0.25, 0.3) is 0 Å². The van der Waals surface area contributed by atoms with Crippen LogP contribution in [0.1, 0.15) is 450 Å². The molecule has 88 heavy (non-hydrogen) atoms. The van der Waals surface area contributed by atoms with Gasteiger partial charge in [-0.05, 0) is 64.2 Å². The number of ether oxygens (including phenoxy) is 1. The van der Waals surface area contributed by atoms with Gasteiger partial charge in [-0.1, -0.05) is 410 Å². The molecule has 0 aliphatic rings. The SMILES string of the molecule is CCCCC/C=C\C/C=C\CCCCCCCCCC(=O)OCCCCCCCCCCCCCCCCCCCCCCCCCCCCCCCCCC(=O)NC(CO)C(O)/C=C/CCCCCCCCCCCCCCCCCCCCCCC. The predicted molar refractivity (Wildman–Crippen MR) is 389 cm³/mol. The Hall–Kier alpha value is -1.92. The van der Waals surface area contributed by atoms with Crippen molar-refractivity contribution in [1.82, 2.24) is 5.32 Å². The van der Waals surface area contributed by atoms with Gasteiger partial charge >= 0.3 is 5.97 Å². The molecule has 0 fully saturated rings. The molecule has 6 heteroatoms. The number of allylic oxidation sites excluding steroid dienone is 5. The van der Waals surface area contributed by atoms with Crippen LogP contribution in [0.5, 0.6) is 0 Å². The third-order valence-corrected chi connectivity index (χ3v) is 18.9. The maximum atomic E-state index is 12.6. The van der Waals surface area contributed by atoms with Gasteiger partial charge in [-0.2, -0.15) is 0 Å². The first-order valence-electron chi connectivity index (χ1n) is 40.3. The number of aliphatic hydroxyl groups is 2. The third kappa shape index (κ3) is 73.1. The summed E-state index contributed by atoms with van der Waals surface area (Å²) in [6.07, 6.45) is 101. The van der Waals surface area contributed by atoms with Crippen molar-refractivity contribution >= 4 is 11.9 Å². The van der Waals surface area contributed by atoms with Gasteiger partial charge in [0.15, 0.2) is 0 Å². The molecule has 0 aliphatic carbocycles. The molecule has 0 spiro atoms. The summed E-state index contributed by atoms with van der Waals surface area (Å²) < 4.78 is 5.51. The van der Waals surface area contributed by atoms with Crippen LogP contribution in [0.4, 0.5) is 0 Å². The molecule has 0 bridgehead atoms. The van der Waals surface area contributed by atoms with Crippen molar-refractivity contribution in [3.05, 3.63) is 36.5 Å². The Morgan fingerprint density at radius 3 is 0.886 bits per heavy atom. The van der Waals surface area contributed by atoms with Gasteiger partial charge in [0.1, 0.15) is 0 Å². The smallest absolute Gasteiger partial charge is 0.305 e. The molecule has 0 rings (SSSR count). The molecule has 0 heterocycles. The number of esters is 1. The summed E-state index contributed by atoms with van der Waals surface area (Å²) in [5.41, 5.74) is 0. The van der Waals surface area contributed by atoms with E-state index in [9.17, 15) is 19.8 Å². The first-order chi connectivity index (χ1) is 43.5. The summed E-state index contributed by atoms with van der Waals surface area (Å²) in [6.45, 7) is 4.93. The van der Waals surface area contributed by atoms with Crippen LogP contribution < -0.4 is 5.32 Å². The van der Waals surface area contributed by atoms with Crippen LogP contribution in [-0.2, 0) is 14.3 Å². The van der Waals surface area contributed by atoms with E-state index in [0.29, 0.717) is 19.4 Å². The van der Waals surface area contributed by atoms with E-state index in [1.807, 2.05) is 6.08 Å². The monoisotopic (exact) mass is 1240 g/mol. The molecule has 2 unspecified atom stereocenters. The zero-order chi connectivity index (χ0) is 63.5. The van der Waals surface area contributed by atoms with E-state index < -0.39 is 12.1 Å². The zero-order valence-corrected chi connectivity index (χ0v) is 59.7. The van der Waals surface area contributed by atoms with Crippen molar-refractivity contribution in [2.24, 2.45) is 0 Å². The molecule has 1 amide bonds. The van der Waals surface area contributed by atoms with Gasteiger partial charge in [0.05, 0.1) is 25.4 Å². The maximum Gasteiger partial charge on any atom is 0.305 e. The van der Waals surface area contributed by atoms with Crippen molar-refractivity contribution < 1.29 is 24.5 Å². The van der Waals surface area contributed by atoms with Crippen LogP contribution in [-0.4, -0.2) is 47.4 Å². The molecule has 3 N–H and O–H groups in total. The Bertz CT molecular complexity index is 1430. The molecule has 0 radical (unpaired) electrons. The summed E-state index contributed by atoms with van der Waals surface area (Å²) in [7, 11) is 0. The fourth-order valence-electron chi connectivity index (χ4n) is 12.8. The van der Waals surface area contributed by atoms with E-state index in [4.69, 9.17) is 4.74 Å². The van der Waals surface area contributed by atoms with Crippen LogP contribution >= 0.6 is 0 Å². The summed E-state index contributed by atoms with van der Waals surface area (Å²) in [4.78, 5) is 24.7. The number of nitrogens with one attached hydrogen (secondary N) is 1. The summed E-state index contributed by atoms with van der Waals surface area (Å²) in [5, 5.41) is 23.3. The zero-order valence-electron chi connectivity index (χ0n) is 59.7. The van der Waals surface area contributed by atoms with Crippen LogP contribution in [0.2, 0.25) is 0 Å². The average molecular weight is 1240 g/mol. The Balaban J connectivity index is 3.35. The van der Waals surface area contributed by atoms with Crippen molar-refractivity contribution in [2.75, 3.05) is 13.2 Å². The number of unbranched alkanes of at least 4 members (excludes halogenated alkanes) is 61. The van der Waals surface area contributed by atoms with E-state index >= 15 is 0 Å². The van der Waals surface area contributed by atoms with Gasteiger partial charge in [-0.15, -0.1) is 0 Å². The number of carbonyl (C=O) groups is 2. The minimum Gasteiger partial charge on any atom is -0.466 e. The normalized spacial score (nSPS) is 12.6. The Kier molecular flexibility index (Phi) is 75.8. The molecule has 0 aromatic rings. The van der Waals surface area contributed by atoms with E-state index in [-0.39, 0.29) is 18.5 Å². The summed E-state index contributed by atoms with van der Waals surface area (Å²) in [5.74, 6) is -0.0454. The lowest BCUT2D eigenvalue weighted by molar-refractivity contribution is -0.143. The topological polar surface area (TPSA) is 95.9 Å². The third-order valence-electron chi connectivity index (χ3n) is 18.9. The highest BCUT2D eigenvalue weighted by Crippen LogP contribution is 2.20. The average Bonchev–Trinajstić information content (AvgIpc) is 3.58. The predicted octanol–water partition coefficient (Wildman–Crippen LogP) is 26.6. The fraction of sp³-hybridized carbons (Fsp3) is 0.902. The standard InChI is InChI=1S/C82H157NO5/c1-3-5-7-9-11-13-15-17-19-21-22-23-33-36-39-43-46-50-54-58-62-66-70-74-80(85)79(78-84)83-81(86)75-71-67-63-59-55-51-47-44-40-37-34-31-29-27-25-24-26-28-30-32-35-38-41-45-49-53-57-61-65-69-73-77-88-82(87)76-72-68-64-60-56-52-48-42-20-18-16-14-12-10-8-6-4-2/h12,14,18,20,70,74,79-80,84-85H,3-11,13,15-17,19,21-69,71-73,75-78H2,1-2H3,(H,83,86)/b14-12-,20-18-,74-70+. The van der Waals surface area contributed by atoms with Crippen molar-refractivity contribution in [3.8, 4) is 0 Å². The van der Waals surface area contributed by atoms with E-state index in [0.717, 1.165) is 51.4 Å². The van der Waals surface area contributed by atoms with Gasteiger partial charge < -0.3 is 20.3 Å². The van der Waals surface area contributed by atoms with Crippen LogP contribution in [0.15, 0.2) is 36.5 Å². The second-order valence-corrected chi connectivity index (χ2v) is 27.8. The lowest BCUT2D eigenvalue weighted by Crippen LogP contribution is -2.45. The number of carbonyl (C=O) groups excluding carboxylic acids is 2. The number of amides is 1. The number of hydrogen-bond donors (Lipinski definition) is 3. The number of aliphatic hydroxyl groups excluding tert-OH is 2. The molecule has 0 aliphatic heterocycles. The molecule has 0 aromatic heterocycles. The number of hydrogen-bond acceptors (Lipinski definition) is 5. The van der Waals surface area contributed by atoms with E-state index in [1.54, 1.807) is 6.08 Å². The highest BCUT2D eigenvalue weighted by Gasteiger charge is 2.18. The maximum absolute atomic E-state index is 12.6. The highest BCUT2D eigenvalue weighted by molar-refractivity contribution is 5.76. The molecule has 6 nitrogen and oxygen atoms in total. The molecule has 520 valence electrons. The number of rotatable bonds is 76. The molecule has 2 atom stereocenters. The lowest BCUT2D eigenvalue weighted by atomic mass is 10.0. The largest absolute Gasteiger partial charge is 0.466 e. The molecular weight excluding hydrogens is 1080 g/mol. The van der Waals surface area contributed by atoms with E-state index in [2.05, 4.69) is 43.5 Å². The first kappa shape index (κ1) is 86.1. The van der Waals surface area contributed by atoms with Crippen LogP contribution in [0, 0.1) is 0 Å².